The minimum atomic E-state index is -1.38. The highest BCUT2D eigenvalue weighted by Gasteiger charge is 2.26. The lowest BCUT2D eigenvalue weighted by Crippen LogP contribution is -2.36. The number of methoxy groups -OCH3 is 1. The van der Waals surface area contributed by atoms with Crippen molar-refractivity contribution < 1.29 is 9.13 Å². The van der Waals surface area contributed by atoms with Crippen molar-refractivity contribution in [1.29, 1.82) is 0 Å². The Kier molecular flexibility index (Phi) is 5.02. The van der Waals surface area contributed by atoms with E-state index >= 15 is 0 Å². The molecule has 4 rings (SSSR count). The lowest BCUT2D eigenvalue weighted by molar-refractivity contribution is 0.385. The number of benzene rings is 1. The van der Waals surface area contributed by atoms with Gasteiger partial charge in [0.2, 0.25) is 0 Å². The minimum Gasteiger partial charge on any atom is -0.494 e. The highest BCUT2D eigenvalue weighted by atomic mass is 35.5. The highest BCUT2D eigenvalue weighted by molar-refractivity contribution is 8.20. The summed E-state index contributed by atoms with van der Waals surface area (Å²) in [5, 5.41) is 2.29. The smallest absolute Gasteiger partial charge is 0.333 e. The molecule has 0 aliphatic carbocycles. The summed E-state index contributed by atoms with van der Waals surface area (Å²) in [5.41, 5.74) is 0.119. The molecule has 1 N–H and O–H groups in total. The maximum absolute atomic E-state index is 14.0. The van der Waals surface area contributed by atoms with Gasteiger partial charge in [0.05, 0.1) is 39.6 Å². The van der Waals surface area contributed by atoms with Gasteiger partial charge in [-0.1, -0.05) is 23.2 Å². The Hall–Kier alpha value is -2.55. The SMILES string of the molecule is COc1cc([SH]2C=Cc3[nH]c(=O)n(-c4cncc(Cl)c4C)c(=O)c32)c(Cl)cc1F. The maximum Gasteiger partial charge on any atom is 0.333 e. The van der Waals surface area contributed by atoms with Crippen molar-refractivity contribution in [2.75, 3.05) is 7.11 Å². The Morgan fingerprint density at radius 3 is 2.69 bits per heavy atom. The van der Waals surface area contributed by atoms with Crippen LogP contribution in [-0.4, -0.2) is 21.6 Å². The molecule has 1 aliphatic heterocycles. The normalized spacial score (nSPS) is 16.1. The van der Waals surface area contributed by atoms with Crippen molar-refractivity contribution in [3.05, 3.63) is 77.9 Å². The van der Waals surface area contributed by atoms with Gasteiger partial charge in [0.15, 0.2) is 11.6 Å². The first-order valence-corrected chi connectivity index (χ1v) is 10.5. The molecule has 150 valence electrons. The number of rotatable bonds is 3. The molecule has 2 aromatic heterocycles. The third-order valence-corrected chi connectivity index (χ3v) is 7.66. The fourth-order valence-electron chi connectivity index (χ4n) is 3.11. The van der Waals surface area contributed by atoms with Gasteiger partial charge in [0.25, 0.3) is 5.56 Å². The first kappa shape index (κ1) is 19.8. The molecule has 3 heterocycles. The number of H-pyrrole nitrogens is 1. The fourth-order valence-corrected chi connectivity index (χ4v) is 5.79. The molecule has 10 heteroatoms. The summed E-state index contributed by atoms with van der Waals surface area (Å²) in [5.74, 6) is -0.576. The van der Waals surface area contributed by atoms with Crippen LogP contribution in [0.5, 0.6) is 5.75 Å². The number of aromatic amines is 1. The molecule has 1 unspecified atom stereocenters. The van der Waals surface area contributed by atoms with E-state index < -0.39 is 28.0 Å². The van der Waals surface area contributed by atoms with E-state index in [1.807, 2.05) is 0 Å². The van der Waals surface area contributed by atoms with E-state index in [9.17, 15) is 14.0 Å². The molecule has 0 radical (unpaired) electrons. The third kappa shape index (κ3) is 3.17. The quantitative estimate of drug-likeness (QED) is 0.585. The molecule has 0 saturated heterocycles. The first-order chi connectivity index (χ1) is 13.8. The van der Waals surface area contributed by atoms with Crippen LogP contribution in [-0.2, 0) is 0 Å². The Labute approximate surface area is 176 Å². The van der Waals surface area contributed by atoms with Crippen LogP contribution in [0.3, 0.4) is 0 Å². The van der Waals surface area contributed by atoms with Crippen molar-refractivity contribution in [1.82, 2.24) is 14.5 Å². The van der Waals surface area contributed by atoms with E-state index in [0.29, 0.717) is 26.1 Å². The standard InChI is InChI=1S/C19H14Cl2FN3O3S/c1-9-11(21)7-23-8-14(9)25-18(26)17-13(24-19(25)27)3-4-29(17)16-6-15(28-2)12(22)5-10(16)20/h3-8,29H,1-2H3,(H,24,27). The fraction of sp³-hybridized carbons (Fsp3) is 0.105. The average Bonchev–Trinajstić information content (AvgIpc) is 3.09. The van der Waals surface area contributed by atoms with Gasteiger partial charge in [-0.15, -0.1) is 0 Å². The van der Waals surface area contributed by atoms with Crippen LogP contribution < -0.4 is 16.0 Å². The summed E-state index contributed by atoms with van der Waals surface area (Å²) >= 11 is 12.4. The Bertz CT molecular complexity index is 1300. The van der Waals surface area contributed by atoms with Gasteiger partial charge in [0, 0.05) is 11.1 Å². The van der Waals surface area contributed by atoms with Crippen molar-refractivity contribution in [3.63, 3.8) is 0 Å². The molecule has 0 fully saturated rings. The molecule has 1 aliphatic rings. The summed E-state index contributed by atoms with van der Waals surface area (Å²) in [7, 11) is -0.0359. The Balaban J connectivity index is 1.97. The third-order valence-electron chi connectivity index (χ3n) is 4.59. The molecule has 29 heavy (non-hydrogen) atoms. The van der Waals surface area contributed by atoms with E-state index in [1.165, 1.54) is 25.6 Å². The molecule has 0 spiro atoms. The zero-order chi connectivity index (χ0) is 20.9. The number of hydrogen-bond donors (Lipinski definition) is 2. The first-order valence-electron chi connectivity index (χ1n) is 8.33. The second kappa shape index (κ2) is 7.37. The Morgan fingerprint density at radius 1 is 1.21 bits per heavy atom. The van der Waals surface area contributed by atoms with E-state index in [4.69, 9.17) is 27.9 Å². The molecule has 6 nitrogen and oxygen atoms in total. The van der Waals surface area contributed by atoms with Crippen molar-refractivity contribution in [3.8, 4) is 11.4 Å². The predicted octanol–water partition coefficient (Wildman–Crippen LogP) is 4.09. The van der Waals surface area contributed by atoms with E-state index in [0.717, 1.165) is 10.6 Å². The minimum absolute atomic E-state index is 0.0217. The number of aromatic nitrogens is 3. The van der Waals surface area contributed by atoms with Crippen molar-refractivity contribution in [2.45, 2.75) is 16.7 Å². The van der Waals surface area contributed by atoms with Gasteiger partial charge in [-0.3, -0.25) is 9.78 Å². The average molecular weight is 454 g/mol. The lowest BCUT2D eigenvalue weighted by Gasteiger charge is -2.19. The maximum atomic E-state index is 14.0. The van der Waals surface area contributed by atoms with Crippen LogP contribution in [0.2, 0.25) is 10.0 Å². The van der Waals surface area contributed by atoms with Crippen LogP contribution in [0.15, 0.2) is 49.3 Å². The molecule has 0 saturated carbocycles. The molecule has 3 aromatic rings. The number of halogens is 3. The number of fused-ring (bicyclic) bond motifs is 1. The van der Waals surface area contributed by atoms with Crippen LogP contribution in [0.25, 0.3) is 11.8 Å². The van der Waals surface area contributed by atoms with Gasteiger partial charge in [-0.2, -0.15) is 10.9 Å². The van der Waals surface area contributed by atoms with Gasteiger partial charge >= 0.3 is 5.69 Å². The van der Waals surface area contributed by atoms with Crippen molar-refractivity contribution >= 4 is 40.2 Å². The van der Waals surface area contributed by atoms with Crippen LogP contribution in [0.1, 0.15) is 11.3 Å². The molecule has 1 aromatic carbocycles. The van der Waals surface area contributed by atoms with Crippen LogP contribution >= 0.6 is 34.1 Å². The summed E-state index contributed by atoms with van der Waals surface area (Å²) < 4.78 is 20.0. The van der Waals surface area contributed by atoms with Gasteiger partial charge in [-0.05, 0) is 36.1 Å². The Morgan fingerprint density at radius 2 is 1.97 bits per heavy atom. The largest absolute Gasteiger partial charge is 0.494 e. The van der Waals surface area contributed by atoms with Gasteiger partial charge < -0.3 is 9.72 Å². The van der Waals surface area contributed by atoms with Crippen LogP contribution in [0, 0.1) is 12.7 Å². The number of pyridine rings is 1. The van der Waals surface area contributed by atoms with E-state index in [1.54, 1.807) is 18.4 Å². The number of hydrogen-bond acceptors (Lipinski definition) is 4. The summed E-state index contributed by atoms with van der Waals surface area (Å²) in [6.07, 6.45) is 4.50. The number of nitrogens with one attached hydrogen (secondary N) is 1. The second-order valence-electron chi connectivity index (χ2n) is 6.22. The van der Waals surface area contributed by atoms with Crippen LogP contribution in [0.4, 0.5) is 4.39 Å². The monoisotopic (exact) mass is 453 g/mol. The summed E-state index contributed by atoms with van der Waals surface area (Å²) in [4.78, 5) is 33.6. The number of nitrogens with zero attached hydrogens (tertiary/aromatic N) is 2. The summed E-state index contributed by atoms with van der Waals surface area (Å²) in [6.45, 7) is 1.70. The lowest BCUT2D eigenvalue weighted by atomic mass is 10.2. The van der Waals surface area contributed by atoms with E-state index in [-0.39, 0.29) is 16.5 Å². The highest BCUT2D eigenvalue weighted by Crippen LogP contribution is 2.53. The topological polar surface area (TPSA) is 77.0 Å². The number of thiol groups is 1. The zero-order valence-corrected chi connectivity index (χ0v) is 17.6. The molecular formula is C19H14Cl2FN3O3S. The summed E-state index contributed by atoms with van der Waals surface area (Å²) in [6, 6.07) is 2.63. The molecular weight excluding hydrogens is 440 g/mol. The molecule has 1 atom stereocenters. The zero-order valence-electron chi connectivity index (χ0n) is 15.2. The van der Waals surface area contributed by atoms with Gasteiger partial charge in [0.1, 0.15) is 0 Å². The van der Waals surface area contributed by atoms with E-state index in [2.05, 4.69) is 9.97 Å². The van der Waals surface area contributed by atoms with Gasteiger partial charge in [-0.25, -0.2) is 13.8 Å². The predicted molar refractivity (Wildman–Crippen MR) is 113 cm³/mol. The second-order valence-corrected chi connectivity index (χ2v) is 9.00. The number of ether oxygens (including phenoxy) is 1. The molecule has 0 amide bonds. The van der Waals surface area contributed by atoms with Crippen molar-refractivity contribution in [2.24, 2.45) is 0 Å². The molecule has 0 bridgehead atoms.